The van der Waals surface area contributed by atoms with Crippen molar-refractivity contribution in [2.75, 3.05) is 14.1 Å². The second-order valence-corrected chi connectivity index (χ2v) is 8.60. The van der Waals surface area contributed by atoms with Gasteiger partial charge in [-0.25, -0.2) is 0 Å². The molecule has 1 fully saturated rings. The van der Waals surface area contributed by atoms with Crippen molar-refractivity contribution in [2.45, 2.75) is 37.6 Å². The van der Waals surface area contributed by atoms with Crippen LogP contribution in [0.4, 0.5) is 0 Å². The van der Waals surface area contributed by atoms with E-state index in [1.807, 2.05) is 24.3 Å². The number of carbonyl (C=O) groups excluding carboxylic acids is 1. The molecule has 0 spiro atoms. The van der Waals surface area contributed by atoms with E-state index in [0.29, 0.717) is 23.2 Å². The zero-order chi connectivity index (χ0) is 22.9. The Labute approximate surface area is 186 Å². The van der Waals surface area contributed by atoms with Gasteiger partial charge >= 0.3 is 0 Å². The molecule has 1 aliphatic carbocycles. The van der Waals surface area contributed by atoms with Crippen LogP contribution in [-0.2, 0) is 16.8 Å². The average Bonchev–Trinajstić information content (AvgIpc) is 3.35. The lowest BCUT2D eigenvalue weighted by atomic mass is 9.76. The van der Waals surface area contributed by atoms with Crippen LogP contribution in [0, 0.1) is 16.7 Å². The van der Waals surface area contributed by atoms with Gasteiger partial charge in [0.1, 0.15) is 6.54 Å². The molecule has 0 radical (unpaired) electrons. The quantitative estimate of drug-likeness (QED) is 0.502. The van der Waals surface area contributed by atoms with Crippen molar-refractivity contribution in [1.29, 1.82) is 10.8 Å². The van der Waals surface area contributed by atoms with Crippen LogP contribution < -0.4 is 0 Å². The Balaban J connectivity index is 1.61. The number of likely N-dealkylation sites (N-methyl/N-ethyl adjacent to an activating group) is 1. The zero-order valence-corrected chi connectivity index (χ0v) is 18.4. The van der Waals surface area contributed by atoms with Gasteiger partial charge in [-0.1, -0.05) is 29.4 Å². The third kappa shape index (κ3) is 3.98. The summed E-state index contributed by atoms with van der Waals surface area (Å²) in [7, 11) is 3.41. The molecule has 9 heteroatoms. The van der Waals surface area contributed by atoms with E-state index in [0.717, 1.165) is 24.0 Å². The minimum atomic E-state index is -0.401. The predicted molar refractivity (Wildman–Crippen MR) is 120 cm³/mol. The number of benzene rings is 1. The second-order valence-electron chi connectivity index (χ2n) is 8.60. The average molecular weight is 434 g/mol. The van der Waals surface area contributed by atoms with Gasteiger partial charge in [-0.15, -0.1) is 0 Å². The van der Waals surface area contributed by atoms with Crippen molar-refractivity contribution in [2.24, 2.45) is 5.92 Å². The van der Waals surface area contributed by atoms with Crippen molar-refractivity contribution in [3.05, 3.63) is 53.6 Å². The van der Waals surface area contributed by atoms with E-state index < -0.39 is 5.41 Å². The van der Waals surface area contributed by atoms with Crippen LogP contribution in [0.1, 0.15) is 42.6 Å². The van der Waals surface area contributed by atoms with Gasteiger partial charge in [-0.2, -0.15) is 10.1 Å². The first kappa shape index (κ1) is 21.6. The minimum Gasteiger partial charge on any atom is -0.347 e. The van der Waals surface area contributed by atoms with Gasteiger partial charge in [-0.05, 0) is 36.8 Å². The fourth-order valence-electron chi connectivity index (χ4n) is 3.89. The highest BCUT2D eigenvalue weighted by Crippen LogP contribution is 2.50. The number of nitrogens with zero attached hydrogens (tertiary/aromatic N) is 5. The van der Waals surface area contributed by atoms with E-state index in [2.05, 4.69) is 17.2 Å². The standard InChI is InChI=1S/C23H27N7O2/c1-23(19-8-9-19,18-6-4-15(5-7-18)16(10-24)11-25)22-27-21(32-28-22)17-12-26-30(13-17)14-20(31)29(2)3/h4-7,10-13,16,19,24-25H,8-9,14H2,1-3H3. The lowest BCUT2D eigenvalue weighted by Crippen LogP contribution is -2.28. The Bertz CT molecular complexity index is 1120. The van der Waals surface area contributed by atoms with E-state index in [4.69, 9.17) is 20.3 Å². The lowest BCUT2D eigenvalue weighted by Gasteiger charge is -2.27. The number of hydrogen-bond acceptors (Lipinski definition) is 7. The van der Waals surface area contributed by atoms with E-state index in [9.17, 15) is 4.79 Å². The lowest BCUT2D eigenvalue weighted by molar-refractivity contribution is -0.129. The van der Waals surface area contributed by atoms with Crippen LogP contribution in [-0.4, -0.2) is 57.3 Å². The summed E-state index contributed by atoms with van der Waals surface area (Å²) >= 11 is 0. The molecule has 1 unspecified atom stereocenters. The Kier molecular flexibility index (Phi) is 5.73. The maximum Gasteiger partial charge on any atom is 0.261 e. The van der Waals surface area contributed by atoms with Crippen molar-refractivity contribution in [3.8, 4) is 11.5 Å². The number of rotatable bonds is 9. The normalized spacial score (nSPS) is 16.2. The van der Waals surface area contributed by atoms with Gasteiger partial charge in [0.2, 0.25) is 5.91 Å². The first-order valence-corrected chi connectivity index (χ1v) is 10.6. The Morgan fingerprint density at radius 2 is 1.97 bits per heavy atom. The number of amides is 1. The van der Waals surface area contributed by atoms with Crippen molar-refractivity contribution in [3.63, 3.8) is 0 Å². The molecule has 9 nitrogen and oxygen atoms in total. The summed E-state index contributed by atoms with van der Waals surface area (Å²) < 4.78 is 7.15. The maximum atomic E-state index is 11.9. The summed E-state index contributed by atoms with van der Waals surface area (Å²) in [6.07, 6.45) is 8.07. The number of carbonyl (C=O) groups is 1. The topological polar surface area (TPSA) is 125 Å². The van der Waals surface area contributed by atoms with Gasteiger partial charge in [0, 0.05) is 32.7 Å². The van der Waals surface area contributed by atoms with Gasteiger partial charge in [0.15, 0.2) is 5.82 Å². The highest BCUT2D eigenvalue weighted by molar-refractivity contribution is 5.87. The molecule has 4 rings (SSSR count). The molecule has 0 aliphatic heterocycles. The first-order chi connectivity index (χ1) is 15.4. The summed E-state index contributed by atoms with van der Waals surface area (Å²) in [4.78, 5) is 18.2. The highest BCUT2D eigenvalue weighted by atomic mass is 16.5. The van der Waals surface area contributed by atoms with Crippen molar-refractivity contribution in [1.82, 2.24) is 24.8 Å². The van der Waals surface area contributed by atoms with E-state index >= 15 is 0 Å². The number of hydrogen-bond donors (Lipinski definition) is 2. The molecule has 32 heavy (non-hydrogen) atoms. The Hall–Kier alpha value is -3.62. The van der Waals surface area contributed by atoms with Gasteiger partial charge < -0.3 is 20.2 Å². The molecule has 2 N–H and O–H groups in total. The smallest absolute Gasteiger partial charge is 0.261 e. The fraction of sp³-hybridized carbons (Fsp3) is 0.391. The molecule has 1 atom stereocenters. The summed E-state index contributed by atoms with van der Waals surface area (Å²) in [6.45, 7) is 2.28. The molecular formula is C23H27N7O2. The summed E-state index contributed by atoms with van der Waals surface area (Å²) in [6, 6.07) is 8.00. The van der Waals surface area contributed by atoms with E-state index in [1.165, 1.54) is 17.3 Å². The highest BCUT2D eigenvalue weighted by Gasteiger charge is 2.47. The number of nitrogens with one attached hydrogen (secondary N) is 2. The summed E-state index contributed by atoms with van der Waals surface area (Å²) in [5.74, 6) is 1.04. The SMILES string of the molecule is CN(C)C(=O)Cn1cc(-c2nc(C(C)(c3ccc(C(C=N)C=N)cc3)C3CC3)no2)cn1. The van der Waals surface area contributed by atoms with Crippen LogP contribution >= 0.6 is 0 Å². The molecule has 0 saturated heterocycles. The molecule has 166 valence electrons. The third-order valence-electron chi connectivity index (χ3n) is 6.22. The molecule has 1 amide bonds. The van der Waals surface area contributed by atoms with E-state index in [-0.39, 0.29) is 18.4 Å². The van der Waals surface area contributed by atoms with Gasteiger partial charge in [-0.3, -0.25) is 9.48 Å². The largest absolute Gasteiger partial charge is 0.347 e. The molecule has 1 saturated carbocycles. The molecule has 1 aromatic carbocycles. The minimum absolute atomic E-state index is 0.0519. The first-order valence-electron chi connectivity index (χ1n) is 10.6. The van der Waals surface area contributed by atoms with Crippen LogP contribution in [0.5, 0.6) is 0 Å². The van der Waals surface area contributed by atoms with Crippen LogP contribution in [0.2, 0.25) is 0 Å². The Morgan fingerprint density at radius 3 is 2.56 bits per heavy atom. The summed E-state index contributed by atoms with van der Waals surface area (Å²) in [5.41, 5.74) is 2.26. The fourth-order valence-corrected chi connectivity index (χ4v) is 3.89. The zero-order valence-electron chi connectivity index (χ0n) is 18.4. The van der Waals surface area contributed by atoms with E-state index in [1.54, 1.807) is 31.2 Å². The molecular weight excluding hydrogens is 406 g/mol. The van der Waals surface area contributed by atoms with Crippen molar-refractivity contribution >= 4 is 18.3 Å². The third-order valence-corrected chi connectivity index (χ3v) is 6.22. The number of aromatic nitrogens is 4. The second kappa shape index (κ2) is 8.49. The molecule has 1 aliphatic rings. The van der Waals surface area contributed by atoms with Gasteiger partial charge in [0.25, 0.3) is 5.89 Å². The van der Waals surface area contributed by atoms with Crippen LogP contribution in [0.15, 0.2) is 41.2 Å². The molecule has 2 aromatic heterocycles. The van der Waals surface area contributed by atoms with Crippen LogP contribution in [0.3, 0.4) is 0 Å². The summed E-state index contributed by atoms with van der Waals surface area (Å²) in [5, 5.41) is 23.5. The molecule has 2 heterocycles. The molecule has 0 bridgehead atoms. The Morgan fingerprint density at radius 1 is 1.28 bits per heavy atom. The predicted octanol–water partition coefficient (Wildman–Crippen LogP) is 3.12. The van der Waals surface area contributed by atoms with Crippen LogP contribution in [0.25, 0.3) is 11.5 Å². The van der Waals surface area contributed by atoms with Crippen molar-refractivity contribution < 1.29 is 9.32 Å². The van der Waals surface area contributed by atoms with Gasteiger partial charge in [0.05, 0.1) is 23.1 Å². The maximum absolute atomic E-state index is 11.9. The monoisotopic (exact) mass is 433 g/mol. The molecule has 3 aromatic rings.